The Morgan fingerprint density at radius 1 is 0.920 bits per heavy atom. The molecule has 0 saturated heterocycles. The van der Waals surface area contributed by atoms with Gasteiger partial charge in [-0.05, 0) is 54.2 Å². The lowest BCUT2D eigenvalue weighted by atomic mass is 9.86. The minimum absolute atomic E-state index is 0.0547. The van der Waals surface area contributed by atoms with Gasteiger partial charge in [-0.25, -0.2) is 0 Å². The van der Waals surface area contributed by atoms with Crippen molar-refractivity contribution >= 4 is 23.2 Å². The molecule has 1 saturated carbocycles. The lowest BCUT2D eigenvalue weighted by Gasteiger charge is -2.23. The number of carbonyl (C=O) groups is 2. The van der Waals surface area contributed by atoms with Crippen LogP contribution in [0.25, 0.3) is 0 Å². The molecule has 3 rings (SSSR count). The molecule has 2 aromatic rings. The smallest absolute Gasteiger partial charge is 0.255 e. The Kier molecular flexibility index (Phi) is 4.62. The Bertz CT molecular complexity index is 784. The van der Waals surface area contributed by atoms with Gasteiger partial charge in [-0.15, -0.1) is 0 Å². The van der Waals surface area contributed by atoms with Crippen molar-refractivity contribution in [1.29, 1.82) is 0 Å². The molecule has 4 nitrogen and oxygen atoms in total. The maximum Gasteiger partial charge on any atom is 0.255 e. The maximum atomic E-state index is 12.5. The van der Waals surface area contributed by atoms with E-state index in [1.54, 1.807) is 24.3 Å². The molecule has 4 heteroatoms. The second-order valence-corrected chi connectivity index (χ2v) is 7.59. The predicted octanol–water partition coefficient (Wildman–Crippen LogP) is 4.58. The third-order valence-corrected chi connectivity index (χ3v) is 4.35. The molecule has 2 amide bonds. The van der Waals surface area contributed by atoms with Crippen molar-refractivity contribution in [3.63, 3.8) is 0 Å². The summed E-state index contributed by atoms with van der Waals surface area (Å²) in [6.45, 7) is 6.36. The number of hydrogen-bond acceptors (Lipinski definition) is 2. The summed E-state index contributed by atoms with van der Waals surface area (Å²) in [6, 6.07) is 14.9. The molecule has 0 bridgehead atoms. The summed E-state index contributed by atoms with van der Waals surface area (Å²) >= 11 is 0. The third-order valence-electron chi connectivity index (χ3n) is 4.35. The van der Waals surface area contributed by atoms with Gasteiger partial charge in [0.1, 0.15) is 0 Å². The van der Waals surface area contributed by atoms with Gasteiger partial charge in [0.25, 0.3) is 5.91 Å². The minimum atomic E-state index is -0.156. The highest BCUT2D eigenvalue weighted by Crippen LogP contribution is 2.31. The van der Waals surface area contributed by atoms with Gasteiger partial charge in [0, 0.05) is 22.9 Å². The maximum absolute atomic E-state index is 12.5. The summed E-state index contributed by atoms with van der Waals surface area (Å²) in [4.78, 5) is 24.3. The zero-order valence-corrected chi connectivity index (χ0v) is 14.9. The average Bonchev–Trinajstić information content (AvgIpc) is 3.40. The van der Waals surface area contributed by atoms with Crippen LogP contribution in [0.2, 0.25) is 0 Å². The van der Waals surface area contributed by atoms with Crippen LogP contribution in [0.4, 0.5) is 11.4 Å². The number of benzene rings is 2. The molecular weight excluding hydrogens is 312 g/mol. The van der Waals surface area contributed by atoms with Crippen LogP contribution in [-0.4, -0.2) is 11.8 Å². The van der Waals surface area contributed by atoms with E-state index in [0.29, 0.717) is 5.56 Å². The summed E-state index contributed by atoms with van der Waals surface area (Å²) in [6.07, 6.45) is 1.94. The quantitative estimate of drug-likeness (QED) is 0.858. The SMILES string of the molecule is CC(C)(C)c1ccccc1NC(=O)c1ccc(NC(=O)C2CC2)cc1. The van der Waals surface area contributed by atoms with E-state index in [9.17, 15) is 9.59 Å². The van der Waals surface area contributed by atoms with Crippen LogP contribution in [0.15, 0.2) is 48.5 Å². The Hall–Kier alpha value is -2.62. The predicted molar refractivity (Wildman–Crippen MR) is 101 cm³/mol. The van der Waals surface area contributed by atoms with Crippen molar-refractivity contribution in [2.45, 2.75) is 39.0 Å². The van der Waals surface area contributed by atoms with Crippen molar-refractivity contribution < 1.29 is 9.59 Å². The Balaban J connectivity index is 1.70. The van der Waals surface area contributed by atoms with Gasteiger partial charge in [0.05, 0.1) is 0 Å². The van der Waals surface area contributed by atoms with Gasteiger partial charge in [-0.1, -0.05) is 39.0 Å². The Morgan fingerprint density at radius 3 is 2.16 bits per heavy atom. The molecule has 1 aliphatic carbocycles. The Morgan fingerprint density at radius 2 is 1.56 bits per heavy atom. The van der Waals surface area contributed by atoms with Crippen LogP contribution in [0.1, 0.15) is 49.5 Å². The number of rotatable bonds is 4. The van der Waals surface area contributed by atoms with E-state index >= 15 is 0 Å². The van der Waals surface area contributed by atoms with Gasteiger partial charge < -0.3 is 10.6 Å². The van der Waals surface area contributed by atoms with Gasteiger partial charge in [0.15, 0.2) is 0 Å². The molecule has 130 valence electrons. The fraction of sp³-hybridized carbons (Fsp3) is 0.333. The largest absolute Gasteiger partial charge is 0.326 e. The van der Waals surface area contributed by atoms with Crippen molar-refractivity contribution in [1.82, 2.24) is 0 Å². The first-order chi connectivity index (χ1) is 11.8. The van der Waals surface area contributed by atoms with Crippen LogP contribution in [0, 0.1) is 5.92 Å². The van der Waals surface area contributed by atoms with Crippen LogP contribution in [0.5, 0.6) is 0 Å². The first-order valence-electron chi connectivity index (χ1n) is 8.66. The highest BCUT2D eigenvalue weighted by molar-refractivity contribution is 6.05. The number of carbonyl (C=O) groups excluding carboxylic acids is 2. The molecule has 0 atom stereocenters. The zero-order chi connectivity index (χ0) is 18.0. The van der Waals surface area contributed by atoms with Gasteiger partial charge in [-0.2, -0.15) is 0 Å². The van der Waals surface area contributed by atoms with E-state index in [4.69, 9.17) is 0 Å². The number of nitrogens with one attached hydrogen (secondary N) is 2. The van der Waals surface area contributed by atoms with E-state index in [-0.39, 0.29) is 23.1 Å². The molecule has 0 aliphatic heterocycles. The second kappa shape index (κ2) is 6.71. The second-order valence-electron chi connectivity index (χ2n) is 7.59. The third kappa shape index (κ3) is 4.27. The van der Waals surface area contributed by atoms with Crippen LogP contribution < -0.4 is 10.6 Å². The molecule has 0 aromatic heterocycles. The lowest BCUT2D eigenvalue weighted by Crippen LogP contribution is -2.18. The first kappa shape index (κ1) is 17.2. The van der Waals surface area contributed by atoms with E-state index in [1.807, 2.05) is 24.3 Å². The normalized spacial score (nSPS) is 14.0. The number of hydrogen-bond donors (Lipinski definition) is 2. The van der Waals surface area contributed by atoms with E-state index in [2.05, 4.69) is 31.4 Å². The lowest BCUT2D eigenvalue weighted by molar-refractivity contribution is -0.117. The first-order valence-corrected chi connectivity index (χ1v) is 8.66. The van der Waals surface area contributed by atoms with Crippen molar-refractivity contribution in [2.24, 2.45) is 5.92 Å². The molecule has 0 radical (unpaired) electrons. The molecule has 1 fully saturated rings. The van der Waals surface area contributed by atoms with Crippen molar-refractivity contribution in [2.75, 3.05) is 10.6 Å². The number of anilines is 2. The van der Waals surface area contributed by atoms with E-state index in [1.165, 1.54) is 0 Å². The van der Waals surface area contributed by atoms with Crippen molar-refractivity contribution in [3.05, 3.63) is 59.7 Å². The zero-order valence-electron chi connectivity index (χ0n) is 14.9. The van der Waals surface area contributed by atoms with Crippen LogP contribution in [-0.2, 0) is 10.2 Å². The Labute approximate surface area is 148 Å². The molecular formula is C21H24N2O2. The van der Waals surface area contributed by atoms with Gasteiger partial charge >= 0.3 is 0 Å². The summed E-state index contributed by atoms with van der Waals surface area (Å²) in [7, 11) is 0. The molecule has 0 heterocycles. The summed E-state index contributed by atoms with van der Waals surface area (Å²) < 4.78 is 0. The fourth-order valence-electron chi connectivity index (χ4n) is 2.74. The summed E-state index contributed by atoms with van der Waals surface area (Å²) in [5.74, 6) is 0.0740. The monoisotopic (exact) mass is 336 g/mol. The van der Waals surface area contributed by atoms with Gasteiger partial charge in [-0.3, -0.25) is 9.59 Å². The average molecular weight is 336 g/mol. The molecule has 2 aromatic carbocycles. The highest BCUT2D eigenvalue weighted by Gasteiger charge is 2.29. The molecule has 0 unspecified atom stereocenters. The highest BCUT2D eigenvalue weighted by atomic mass is 16.2. The van der Waals surface area contributed by atoms with E-state index in [0.717, 1.165) is 29.8 Å². The minimum Gasteiger partial charge on any atom is -0.326 e. The molecule has 25 heavy (non-hydrogen) atoms. The van der Waals surface area contributed by atoms with Crippen molar-refractivity contribution in [3.8, 4) is 0 Å². The molecule has 1 aliphatic rings. The summed E-state index contributed by atoms with van der Waals surface area (Å²) in [5, 5.41) is 5.87. The molecule has 0 spiro atoms. The standard InChI is InChI=1S/C21H24N2O2/c1-21(2,3)17-6-4-5-7-18(17)23-20(25)15-10-12-16(13-11-15)22-19(24)14-8-9-14/h4-7,10-14H,8-9H2,1-3H3,(H,22,24)(H,23,25). The van der Waals surface area contributed by atoms with Crippen LogP contribution >= 0.6 is 0 Å². The topological polar surface area (TPSA) is 58.2 Å². The summed E-state index contributed by atoms with van der Waals surface area (Å²) in [5.41, 5.74) is 3.15. The van der Waals surface area contributed by atoms with Gasteiger partial charge in [0.2, 0.25) is 5.91 Å². The fourth-order valence-corrected chi connectivity index (χ4v) is 2.74. The number of para-hydroxylation sites is 1. The van der Waals surface area contributed by atoms with E-state index < -0.39 is 0 Å². The molecule has 2 N–H and O–H groups in total. The number of amides is 2. The van der Waals surface area contributed by atoms with Crippen LogP contribution in [0.3, 0.4) is 0 Å².